The Kier molecular flexibility index (Phi) is 3.56. The molecule has 1 unspecified atom stereocenters. The fourth-order valence-corrected chi connectivity index (χ4v) is 3.40. The van der Waals surface area contributed by atoms with E-state index in [9.17, 15) is 4.79 Å². The number of hydrogen-bond acceptors (Lipinski definition) is 3. The standard InChI is InChI=1S/C18H21N3O2/c1-23-14-5-2-4-13(10-14)17-6-3-9-21(17)18(22)16-11-15(19-20-16)12-7-8-12/h2,4-5,10-12,17H,3,6-9H2,1H3,(H,19,20). The van der Waals surface area contributed by atoms with Crippen molar-refractivity contribution in [3.63, 3.8) is 0 Å². The van der Waals surface area contributed by atoms with Gasteiger partial charge < -0.3 is 9.64 Å². The van der Waals surface area contributed by atoms with Crippen molar-refractivity contribution in [2.45, 2.75) is 37.6 Å². The molecule has 23 heavy (non-hydrogen) atoms. The Morgan fingerprint density at radius 2 is 2.17 bits per heavy atom. The van der Waals surface area contributed by atoms with Gasteiger partial charge in [-0.2, -0.15) is 5.10 Å². The Morgan fingerprint density at radius 1 is 1.30 bits per heavy atom. The van der Waals surface area contributed by atoms with E-state index in [2.05, 4.69) is 16.3 Å². The maximum Gasteiger partial charge on any atom is 0.274 e. The number of aromatic amines is 1. The van der Waals surface area contributed by atoms with Crippen molar-refractivity contribution in [1.82, 2.24) is 15.1 Å². The summed E-state index contributed by atoms with van der Waals surface area (Å²) in [5.41, 5.74) is 2.78. The minimum absolute atomic E-state index is 0.0264. The summed E-state index contributed by atoms with van der Waals surface area (Å²) in [5.74, 6) is 1.44. The largest absolute Gasteiger partial charge is 0.497 e. The molecule has 5 heteroatoms. The first-order valence-corrected chi connectivity index (χ1v) is 8.26. The van der Waals surface area contributed by atoms with E-state index in [1.54, 1.807) is 7.11 Å². The van der Waals surface area contributed by atoms with Gasteiger partial charge in [0.25, 0.3) is 5.91 Å². The number of nitrogens with one attached hydrogen (secondary N) is 1. The van der Waals surface area contributed by atoms with Crippen molar-refractivity contribution in [3.8, 4) is 5.75 Å². The van der Waals surface area contributed by atoms with Gasteiger partial charge in [-0.15, -0.1) is 0 Å². The molecule has 1 aromatic heterocycles. The number of H-pyrrole nitrogens is 1. The second kappa shape index (κ2) is 5.72. The quantitative estimate of drug-likeness (QED) is 0.942. The summed E-state index contributed by atoms with van der Waals surface area (Å²) in [6, 6.07) is 10.0. The average Bonchev–Trinajstić information content (AvgIpc) is 3.14. The molecule has 0 radical (unpaired) electrons. The molecule has 1 aromatic carbocycles. The molecule has 1 aliphatic heterocycles. The van der Waals surface area contributed by atoms with Gasteiger partial charge in [0, 0.05) is 18.2 Å². The summed E-state index contributed by atoms with van der Waals surface area (Å²) < 4.78 is 5.31. The van der Waals surface area contributed by atoms with Crippen molar-refractivity contribution >= 4 is 5.91 Å². The number of benzene rings is 1. The third kappa shape index (κ3) is 2.71. The summed E-state index contributed by atoms with van der Waals surface area (Å²) >= 11 is 0. The highest BCUT2D eigenvalue weighted by Gasteiger charge is 2.33. The van der Waals surface area contributed by atoms with Crippen molar-refractivity contribution < 1.29 is 9.53 Å². The third-order valence-corrected chi connectivity index (χ3v) is 4.83. The molecule has 4 rings (SSSR count). The van der Waals surface area contributed by atoms with Crippen LogP contribution in [0.4, 0.5) is 0 Å². The molecule has 2 heterocycles. The lowest BCUT2D eigenvalue weighted by Gasteiger charge is -2.24. The van der Waals surface area contributed by atoms with Crippen LogP contribution in [0.15, 0.2) is 30.3 Å². The van der Waals surface area contributed by atoms with Crippen LogP contribution in [0.1, 0.15) is 59.4 Å². The topological polar surface area (TPSA) is 58.2 Å². The fourth-order valence-electron chi connectivity index (χ4n) is 3.40. The van der Waals surface area contributed by atoms with E-state index in [0.717, 1.165) is 36.4 Å². The van der Waals surface area contributed by atoms with Gasteiger partial charge in [0.05, 0.1) is 13.2 Å². The molecule has 1 amide bonds. The Hall–Kier alpha value is -2.30. The zero-order valence-corrected chi connectivity index (χ0v) is 13.3. The summed E-state index contributed by atoms with van der Waals surface area (Å²) in [6.45, 7) is 0.784. The summed E-state index contributed by atoms with van der Waals surface area (Å²) in [6.07, 6.45) is 4.41. The maximum atomic E-state index is 12.9. The summed E-state index contributed by atoms with van der Waals surface area (Å²) in [7, 11) is 1.67. The van der Waals surface area contributed by atoms with Gasteiger partial charge in [-0.05, 0) is 49.4 Å². The van der Waals surface area contributed by atoms with Crippen LogP contribution in [-0.2, 0) is 0 Å². The average molecular weight is 311 g/mol. The van der Waals surface area contributed by atoms with E-state index in [-0.39, 0.29) is 11.9 Å². The van der Waals surface area contributed by atoms with Crippen LogP contribution in [0.5, 0.6) is 5.75 Å². The monoisotopic (exact) mass is 311 g/mol. The Morgan fingerprint density at radius 3 is 2.96 bits per heavy atom. The maximum absolute atomic E-state index is 12.9. The Bertz CT molecular complexity index is 721. The molecule has 2 fully saturated rings. The second-order valence-corrected chi connectivity index (χ2v) is 6.42. The van der Waals surface area contributed by atoms with Crippen LogP contribution in [0.3, 0.4) is 0 Å². The first kappa shape index (κ1) is 14.3. The van der Waals surface area contributed by atoms with E-state index >= 15 is 0 Å². The normalized spacial score (nSPS) is 20.7. The van der Waals surface area contributed by atoms with Gasteiger partial charge in [-0.25, -0.2) is 0 Å². The Balaban J connectivity index is 1.57. The molecule has 2 aromatic rings. The van der Waals surface area contributed by atoms with E-state index in [0.29, 0.717) is 11.6 Å². The lowest BCUT2D eigenvalue weighted by molar-refractivity contribution is 0.0729. The van der Waals surface area contributed by atoms with Crippen molar-refractivity contribution in [1.29, 1.82) is 0 Å². The predicted molar refractivity (Wildman–Crippen MR) is 86.6 cm³/mol. The highest BCUT2D eigenvalue weighted by molar-refractivity contribution is 5.93. The molecule has 2 aliphatic rings. The number of amides is 1. The van der Waals surface area contributed by atoms with Gasteiger partial charge in [0.2, 0.25) is 0 Å². The van der Waals surface area contributed by atoms with Crippen molar-refractivity contribution in [2.75, 3.05) is 13.7 Å². The first-order chi connectivity index (χ1) is 11.3. The lowest BCUT2D eigenvalue weighted by Crippen LogP contribution is -2.30. The summed E-state index contributed by atoms with van der Waals surface area (Å²) in [5, 5.41) is 7.27. The molecular weight excluding hydrogens is 290 g/mol. The van der Waals surface area contributed by atoms with Gasteiger partial charge in [0.15, 0.2) is 0 Å². The molecule has 1 saturated carbocycles. The number of carbonyl (C=O) groups is 1. The lowest BCUT2D eigenvalue weighted by atomic mass is 10.0. The van der Waals surface area contributed by atoms with Crippen LogP contribution < -0.4 is 4.74 Å². The van der Waals surface area contributed by atoms with Gasteiger partial charge >= 0.3 is 0 Å². The van der Waals surface area contributed by atoms with Crippen molar-refractivity contribution in [2.24, 2.45) is 0 Å². The van der Waals surface area contributed by atoms with Gasteiger partial charge in [-0.1, -0.05) is 12.1 Å². The number of ether oxygens (including phenoxy) is 1. The third-order valence-electron chi connectivity index (χ3n) is 4.83. The van der Waals surface area contributed by atoms with E-state index in [1.807, 2.05) is 29.2 Å². The number of rotatable bonds is 4. The first-order valence-electron chi connectivity index (χ1n) is 8.26. The SMILES string of the molecule is COc1cccc(C2CCCN2C(=O)c2cc(C3CC3)[nH]n2)c1. The number of likely N-dealkylation sites (tertiary alicyclic amines) is 1. The van der Waals surface area contributed by atoms with E-state index < -0.39 is 0 Å². The smallest absolute Gasteiger partial charge is 0.274 e. The minimum atomic E-state index is 0.0264. The number of methoxy groups -OCH3 is 1. The molecule has 0 spiro atoms. The Labute approximate surface area is 135 Å². The predicted octanol–water partition coefficient (Wildman–Crippen LogP) is 3.27. The minimum Gasteiger partial charge on any atom is -0.497 e. The molecular formula is C18H21N3O2. The highest BCUT2D eigenvalue weighted by Crippen LogP contribution is 2.39. The van der Waals surface area contributed by atoms with Crippen LogP contribution in [0.2, 0.25) is 0 Å². The zero-order chi connectivity index (χ0) is 15.8. The number of aromatic nitrogens is 2. The molecule has 5 nitrogen and oxygen atoms in total. The second-order valence-electron chi connectivity index (χ2n) is 6.42. The number of hydrogen-bond donors (Lipinski definition) is 1. The molecule has 1 saturated heterocycles. The molecule has 120 valence electrons. The number of nitrogens with zero attached hydrogens (tertiary/aromatic N) is 2. The highest BCUT2D eigenvalue weighted by atomic mass is 16.5. The van der Waals surface area contributed by atoms with Crippen LogP contribution in [0, 0.1) is 0 Å². The molecule has 0 bridgehead atoms. The molecule has 1 atom stereocenters. The number of carbonyl (C=O) groups excluding carboxylic acids is 1. The van der Waals surface area contributed by atoms with Crippen molar-refractivity contribution in [3.05, 3.63) is 47.3 Å². The van der Waals surface area contributed by atoms with Crippen LogP contribution >= 0.6 is 0 Å². The van der Waals surface area contributed by atoms with E-state index in [4.69, 9.17) is 4.74 Å². The van der Waals surface area contributed by atoms with Gasteiger partial charge in [-0.3, -0.25) is 9.89 Å². The van der Waals surface area contributed by atoms with E-state index in [1.165, 1.54) is 12.8 Å². The summed E-state index contributed by atoms with van der Waals surface area (Å²) in [4.78, 5) is 14.8. The van der Waals surface area contributed by atoms with Gasteiger partial charge in [0.1, 0.15) is 11.4 Å². The zero-order valence-electron chi connectivity index (χ0n) is 13.3. The molecule has 1 N–H and O–H groups in total. The van der Waals surface area contributed by atoms with Crippen LogP contribution in [-0.4, -0.2) is 34.7 Å². The van der Waals surface area contributed by atoms with Crippen LogP contribution in [0.25, 0.3) is 0 Å². The fraction of sp³-hybridized carbons (Fsp3) is 0.444. The molecule has 1 aliphatic carbocycles.